The first-order valence-corrected chi connectivity index (χ1v) is 32.7. The first-order valence-electron chi connectivity index (χ1n) is 32.7. The number of aromatic nitrogens is 12. The van der Waals surface area contributed by atoms with Gasteiger partial charge in [-0.3, -0.25) is 14.4 Å². The van der Waals surface area contributed by atoms with Crippen molar-refractivity contribution in [3.05, 3.63) is 227 Å². The number of allylic oxidation sites excluding steroid dienone is 1. The van der Waals surface area contributed by atoms with Crippen LogP contribution in [0.15, 0.2) is 171 Å². The number of hydrogen-bond acceptors (Lipinski definition) is 17. The Hall–Kier alpha value is -11.6. The largest absolute Gasteiger partial charge is 0.393 e. The lowest BCUT2D eigenvalue weighted by molar-refractivity contribution is 0.0942. The number of aliphatic hydroxyl groups is 2. The molecule has 15 rings (SSSR count). The second kappa shape index (κ2) is 27.5. The lowest BCUT2D eigenvalue weighted by Gasteiger charge is -2.19. The van der Waals surface area contributed by atoms with Crippen LogP contribution in [0.25, 0.3) is 66.9 Å². The summed E-state index contributed by atoms with van der Waals surface area (Å²) in [5.74, 6) is 1.02. The van der Waals surface area contributed by atoms with Crippen LogP contribution < -0.4 is 33.2 Å². The van der Waals surface area contributed by atoms with Gasteiger partial charge < -0.3 is 43.4 Å². The Morgan fingerprint density at radius 2 is 0.919 bits per heavy atom. The summed E-state index contributed by atoms with van der Waals surface area (Å²) < 4.78 is 19.1. The highest BCUT2D eigenvalue weighted by molar-refractivity contribution is 6.01. The molecule has 2 saturated carbocycles. The minimum Gasteiger partial charge on any atom is -0.393 e. The predicted octanol–water partition coefficient (Wildman–Crippen LogP) is 10.6. The second-order valence-corrected chi connectivity index (χ2v) is 26.3. The molecule has 12 aromatic rings. The number of benzene rings is 6. The summed E-state index contributed by atoms with van der Waals surface area (Å²) in [6, 6.07) is 42.7. The van der Waals surface area contributed by atoms with Crippen molar-refractivity contribution in [1.82, 2.24) is 75.2 Å². The van der Waals surface area contributed by atoms with Crippen LogP contribution >= 0.6 is 0 Å². The molecule has 0 spiro atoms. The summed E-state index contributed by atoms with van der Waals surface area (Å²) in [5, 5.41) is 45.6. The Kier molecular flexibility index (Phi) is 18.3. The minimum atomic E-state index is -0.494. The zero-order chi connectivity index (χ0) is 69.4. The number of nitrogens with one attached hydrogen (secondary N) is 3. The van der Waals surface area contributed by atoms with Gasteiger partial charge in [0.2, 0.25) is 0 Å². The standard InChI is InChI=1S/C26H26N6O2.C25H24N6O2.C24H25FN6O/c1-14-4-2-3-5-17(14)26(34)28-12-15-6-8-16(9-7-15)23-22-24(27)29-13-30-25(22)32(31-23)20-11-21(33)19-10-18(19)20;1-15-4-2-3-5-20(15)25(33)27-13-16-6-8-17(9-7-16)22-21-23(26)28-14-29-24(21)31(30-22)18-10-11-19(32)12-18;1-14-5-10-17(25)11-18(14)23(32)27-12-15-6-8-16(9-7-15)20-19-21(26)28-13-29-22(19)31(30-20)24(2,3)4/h2-9,13,18-21,33H,10-12H2,1H3,(H,28,34)(H2,27,29,30);2-11,14,18-19,32H,12-13H2,1H3,(H,27,33)(H2,26,28,29);5-11,13H,12H2,1-4H3,(H,27,32)(H2,26,28,29). The van der Waals surface area contributed by atoms with Crippen LogP contribution in [0.2, 0.25) is 0 Å². The molecule has 6 atom stereocenters. The van der Waals surface area contributed by atoms with Gasteiger partial charge in [-0.2, -0.15) is 15.3 Å². The molecule has 3 amide bonds. The van der Waals surface area contributed by atoms with Gasteiger partial charge >= 0.3 is 0 Å². The highest BCUT2D eigenvalue weighted by atomic mass is 19.1. The van der Waals surface area contributed by atoms with Crippen molar-refractivity contribution >= 4 is 68.3 Å². The van der Waals surface area contributed by atoms with E-state index in [1.165, 1.54) is 31.1 Å². The quantitative estimate of drug-likeness (QED) is 0.0469. The average Bonchev–Trinajstić information content (AvgIpc) is 1.58. The second-order valence-electron chi connectivity index (χ2n) is 26.3. The minimum absolute atomic E-state index is 0.0889. The number of aryl methyl sites for hydroxylation is 3. The van der Waals surface area contributed by atoms with Crippen molar-refractivity contribution in [2.75, 3.05) is 17.2 Å². The summed E-state index contributed by atoms with van der Waals surface area (Å²) in [6.45, 7) is 12.9. The maximum Gasteiger partial charge on any atom is 0.251 e. The smallest absolute Gasteiger partial charge is 0.251 e. The van der Waals surface area contributed by atoms with Crippen LogP contribution in [0.5, 0.6) is 0 Å². The average molecular weight is 1330 g/mol. The Balaban J connectivity index is 0.000000133. The van der Waals surface area contributed by atoms with Gasteiger partial charge in [-0.25, -0.2) is 48.3 Å². The summed E-state index contributed by atoms with van der Waals surface area (Å²) in [7, 11) is 0. The van der Waals surface area contributed by atoms with Crippen molar-refractivity contribution in [2.24, 2.45) is 11.8 Å². The molecule has 0 saturated heterocycles. The maximum absolute atomic E-state index is 13.5. The van der Waals surface area contributed by atoms with Crippen LogP contribution in [-0.2, 0) is 25.2 Å². The number of nitrogens with two attached hydrogens (primary N) is 3. The number of rotatable bonds is 14. The van der Waals surface area contributed by atoms with Crippen LogP contribution in [0, 0.1) is 38.4 Å². The van der Waals surface area contributed by atoms with Gasteiger partial charge in [0.15, 0.2) is 16.9 Å². The molecule has 3 aliphatic carbocycles. The van der Waals surface area contributed by atoms with Crippen molar-refractivity contribution in [2.45, 2.75) is 110 Å². The van der Waals surface area contributed by atoms with E-state index in [-0.39, 0.29) is 41.4 Å². The van der Waals surface area contributed by atoms with E-state index in [4.69, 9.17) is 32.5 Å². The van der Waals surface area contributed by atoms with Gasteiger partial charge in [-0.05, 0) is 124 Å². The normalized spacial score (nSPS) is 17.5. The van der Waals surface area contributed by atoms with E-state index in [2.05, 4.69) is 45.9 Å². The van der Waals surface area contributed by atoms with Gasteiger partial charge in [-0.1, -0.05) is 127 Å². The fourth-order valence-corrected chi connectivity index (χ4v) is 13.0. The lowest BCUT2D eigenvalue weighted by Crippen LogP contribution is -2.23. The molecule has 99 heavy (non-hydrogen) atoms. The molecule has 0 radical (unpaired) electrons. The molecule has 6 unspecified atom stereocenters. The number of amides is 3. The highest BCUT2D eigenvalue weighted by Gasteiger charge is 2.55. The van der Waals surface area contributed by atoms with Gasteiger partial charge in [0.1, 0.15) is 59.3 Å². The molecule has 24 heteroatoms. The number of anilines is 3. The maximum atomic E-state index is 13.5. The molecule has 502 valence electrons. The number of fused-ring (bicyclic) bond motifs is 4. The molecular formula is C75H75FN18O5. The van der Waals surface area contributed by atoms with E-state index in [0.717, 1.165) is 67.6 Å². The van der Waals surface area contributed by atoms with E-state index in [0.29, 0.717) is 118 Å². The Bertz CT molecular complexity index is 5060. The van der Waals surface area contributed by atoms with Gasteiger partial charge in [-0.15, -0.1) is 0 Å². The Morgan fingerprint density at radius 3 is 1.35 bits per heavy atom. The Labute approximate surface area is 569 Å². The molecule has 23 nitrogen and oxygen atoms in total. The zero-order valence-electron chi connectivity index (χ0n) is 55.5. The number of nitrogens with zero attached hydrogens (tertiary/aromatic N) is 12. The molecule has 0 aliphatic heterocycles. The molecule has 3 aliphatic rings. The van der Waals surface area contributed by atoms with E-state index in [9.17, 15) is 29.0 Å². The van der Waals surface area contributed by atoms with E-state index in [1.807, 2.05) is 171 Å². The van der Waals surface area contributed by atoms with Crippen molar-refractivity contribution in [1.29, 1.82) is 0 Å². The Morgan fingerprint density at radius 1 is 0.495 bits per heavy atom. The number of carbonyl (C=O) groups is 3. The van der Waals surface area contributed by atoms with Crippen molar-refractivity contribution in [3.8, 4) is 33.8 Å². The van der Waals surface area contributed by atoms with Gasteiger partial charge in [0.05, 0.1) is 46.0 Å². The topological polar surface area (TPSA) is 337 Å². The molecule has 6 aromatic heterocycles. The fraction of sp³-hybridized carbons (Fsp3) is 0.253. The van der Waals surface area contributed by atoms with Crippen LogP contribution in [0.4, 0.5) is 21.8 Å². The molecule has 11 N–H and O–H groups in total. The molecule has 2 fully saturated rings. The van der Waals surface area contributed by atoms with Crippen LogP contribution in [-0.4, -0.2) is 99.4 Å². The predicted molar refractivity (Wildman–Crippen MR) is 378 cm³/mol. The SMILES string of the molecule is Cc1ccc(F)cc1C(=O)NCc1ccc(-c2nn(C(C)(C)C)c3ncnc(N)c23)cc1.Cc1ccccc1C(=O)NCc1ccc(-c2nn(C3C=CC(O)C3)c3ncnc(N)c23)cc1.Cc1ccccc1C(=O)NCc1ccc(-c2nn(C3CC(O)C4CC43)c3ncnc(N)c23)cc1. The van der Waals surface area contributed by atoms with Crippen LogP contribution in [0.3, 0.4) is 0 Å². The van der Waals surface area contributed by atoms with Crippen molar-refractivity contribution in [3.63, 3.8) is 0 Å². The highest BCUT2D eigenvalue weighted by Crippen LogP contribution is 2.58. The van der Waals surface area contributed by atoms with E-state index in [1.54, 1.807) is 23.7 Å². The van der Waals surface area contributed by atoms with E-state index >= 15 is 0 Å². The molecular weight excluding hydrogens is 1250 g/mol. The first kappa shape index (κ1) is 66.0. The van der Waals surface area contributed by atoms with Gasteiger partial charge in [0, 0.05) is 59.4 Å². The summed E-state index contributed by atoms with van der Waals surface area (Å²) in [6.07, 6.45) is 9.53. The van der Waals surface area contributed by atoms with Crippen molar-refractivity contribution < 1.29 is 29.0 Å². The fourth-order valence-electron chi connectivity index (χ4n) is 13.0. The molecule has 6 aromatic carbocycles. The zero-order valence-corrected chi connectivity index (χ0v) is 55.5. The van der Waals surface area contributed by atoms with Gasteiger partial charge in [0.25, 0.3) is 17.7 Å². The number of aliphatic hydroxyl groups excluding tert-OH is 2. The number of carbonyl (C=O) groups excluding carboxylic acids is 3. The third-order valence-corrected chi connectivity index (χ3v) is 18.5. The summed E-state index contributed by atoms with van der Waals surface area (Å²) in [5.41, 5.74) is 32.3. The van der Waals surface area contributed by atoms with Crippen LogP contribution in [0.1, 0.15) is 117 Å². The van der Waals surface area contributed by atoms with E-state index < -0.39 is 11.9 Å². The summed E-state index contributed by atoms with van der Waals surface area (Å²) >= 11 is 0. The number of halogens is 1. The summed E-state index contributed by atoms with van der Waals surface area (Å²) in [4.78, 5) is 63.2. The third kappa shape index (κ3) is 13.8. The number of hydrogen-bond donors (Lipinski definition) is 8. The molecule has 6 heterocycles. The molecule has 0 bridgehead atoms. The monoisotopic (exact) mass is 1330 g/mol. The first-order chi connectivity index (χ1) is 47.7. The number of nitrogen functional groups attached to an aromatic ring is 3. The lowest BCUT2D eigenvalue weighted by atomic mass is 10.1. The third-order valence-electron chi connectivity index (χ3n) is 18.5.